The van der Waals surface area contributed by atoms with Gasteiger partial charge in [-0.1, -0.05) is 43.3 Å². The standard InChI is InChI=1S/C21H24N2O4/c1-2-23-11-12-27-18(19(23)15-7-4-3-5-8-15)14-22-20(24)16-9-6-10-17(13-16)21(25)26/h3-10,13,18-19H,2,11-12,14H2,1H3,(H,22,24)(H,25,26)/t18-,19-/m0/s1. The van der Waals surface area contributed by atoms with Gasteiger partial charge in [0.05, 0.1) is 24.3 Å². The van der Waals surface area contributed by atoms with Crippen LogP contribution in [-0.2, 0) is 4.74 Å². The van der Waals surface area contributed by atoms with Crippen molar-refractivity contribution in [2.45, 2.75) is 19.1 Å². The topological polar surface area (TPSA) is 78.9 Å². The van der Waals surface area contributed by atoms with Gasteiger partial charge < -0.3 is 15.2 Å². The molecule has 0 aliphatic carbocycles. The van der Waals surface area contributed by atoms with Crippen LogP contribution >= 0.6 is 0 Å². The van der Waals surface area contributed by atoms with Gasteiger partial charge in [0.2, 0.25) is 0 Å². The zero-order chi connectivity index (χ0) is 19.2. The van der Waals surface area contributed by atoms with Gasteiger partial charge in [-0.2, -0.15) is 0 Å². The summed E-state index contributed by atoms with van der Waals surface area (Å²) in [6.07, 6.45) is -0.173. The number of rotatable bonds is 6. The molecular weight excluding hydrogens is 344 g/mol. The summed E-state index contributed by atoms with van der Waals surface area (Å²) in [5.41, 5.74) is 1.58. The van der Waals surface area contributed by atoms with Crippen molar-refractivity contribution in [1.82, 2.24) is 10.2 Å². The minimum Gasteiger partial charge on any atom is -0.478 e. The van der Waals surface area contributed by atoms with Crippen LogP contribution in [-0.4, -0.2) is 54.2 Å². The first-order valence-corrected chi connectivity index (χ1v) is 9.12. The number of amides is 1. The lowest BCUT2D eigenvalue weighted by atomic mass is 9.97. The number of hydrogen-bond donors (Lipinski definition) is 2. The zero-order valence-electron chi connectivity index (χ0n) is 15.3. The maximum atomic E-state index is 12.5. The van der Waals surface area contributed by atoms with E-state index in [-0.39, 0.29) is 23.6 Å². The van der Waals surface area contributed by atoms with Crippen LogP contribution < -0.4 is 5.32 Å². The molecule has 142 valence electrons. The number of carbonyl (C=O) groups excluding carboxylic acids is 1. The molecule has 0 radical (unpaired) electrons. The largest absolute Gasteiger partial charge is 0.478 e. The summed E-state index contributed by atoms with van der Waals surface area (Å²) in [4.78, 5) is 25.9. The van der Waals surface area contributed by atoms with Crippen LogP contribution in [0.5, 0.6) is 0 Å². The van der Waals surface area contributed by atoms with E-state index >= 15 is 0 Å². The van der Waals surface area contributed by atoms with E-state index in [2.05, 4.69) is 29.3 Å². The highest BCUT2D eigenvalue weighted by molar-refractivity contribution is 5.97. The summed E-state index contributed by atoms with van der Waals surface area (Å²) in [5, 5.41) is 12.0. The average Bonchev–Trinajstić information content (AvgIpc) is 2.72. The van der Waals surface area contributed by atoms with Gasteiger partial charge in [0.25, 0.3) is 5.91 Å². The zero-order valence-corrected chi connectivity index (χ0v) is 15.3. The number of morpholine rings is 1. The normalized spacial score (nSPS) is 20.2. The molecule has 1 aliphatic heterocycles. The summed E-state index contributed by atoms with van der Waals surface area (Å²) in [6.45, 7) is 4.84. The van der Waals surface area contributed by atoms with Crippen molar-refractivity contribution >= 4 is 11.9 Å². The minimum absolute atomic E-state index is 0.0654. The summed E-state index contributed by atoms with van der Waals surface area (Å²) in [6, 6.07) is 16.2. The molecular formula is C21H24N2O4. The monoisotopic (exact) mass is 368 g/mol. The van der Waals surface area contributed by atoms with E-state index in [1.807, 2.05) is 18.2 Å². The van der Waals surface area contributed by atoms with Crippen LogP contribution in [0.4, 0.5) is 0 Å². The van der Waals surface area contributed by atoms with Crippen molar-refractivity contribution in [2.24, 2.45) is 0 Å². The number of carbonyl (C=O) groups is 2. The SMILES string of the molecule is CCN1CCO[C@@H](CNC(=O)c2cccc(C(=O)O)c2)[C@@H]1c1ccccc1. The van der Waals surface area contributed by atoms with Gasteiger partial charge in [-0.25, -0.2) is 4.79 Å². The van der Waals surface area contributed by atoms with E-state index < -0.39 is 5.97 Å². The van der Waals surface area contributed by atoms with E-state index in [1.54, 1.807) is 12.1 Å². The van der Waals surface area contributed by atoms with Gasteiger partial charge in [-0.05, 0) is 30.3 Å². The first-order chi connectivity index (χ1) is 13.1. The van der Waals surface area contributed by atoms with Crippen LogP contribution in [0.3, 0.4) is 0 Å². The third-order valence-corrected chi connectivity index (χ3v) is 4.84. The molecule has 1 aliphatic rings. The molecule has 1 heterocycles. The number of hydrogen-bond acceptors (Lipinski definition) is 4. The Bertz CT molecular complexity index is 794. The second-order valence-electron chi connectivity index (χ2n) is 6.49. The van der Waals surface area contributed by atoms with Crippen LogP contribution in [0, 0.1) is 0 Å². The summed E-state index contributed by atoms with van der Waals surface area (Å²) in [5.74, 6) is -1.36. The van der Waals surface area contributed by atoms with E-state index in [0.717, 1.165) is 18.7 Å². The van der Waals surface area contributed by atoms with Crippen LogP contribution in [0.15, 0.2) is 54.6 Å². The van der Waals surface area contributed by atoms with Crippen molar-refractivity contribution in [2.75, 3.05) is 26.2 Å². The Morgan fingerprint density at radius 3 is 2.59 bits per heavy atom. The fourth-order valence-corrected chi connectivity index (χ4v) is 3.48. The first kappa shape index (κ1) is 19.1. The third-order valence-electron chi connectivity index (χ3n) is 4.84. The molecule has 0 unspecified atom stereocenters. The molecule has 0 aromatic heterocycles. The highest BCUT2D eigenvalue weighted by atomic mass is 16.5. The molecule has 2 atom stereocenters. The van der Waals surface area contributed by atoms with E-state index in [9.17, 15) is 9.59 Å². The second-order valence-corrected chi connectivity index (χ2v) is 6.49. The maximum absolute atomic E-state index is 12.5. The fraction of sp³-hybridized carbons (Fsp3) is 0.333. The Morgan fingerprint density at radius 2 is 1.89 bits per heavy atom. The number of likely N-dealkylation sites (N-methyl/N-ethyl adjacent to an activating group) is 1. The lowest BCUT2D eigenvalue weighted by Crippen LogP contribution is -2.49. The van der Waals surface area contributed by atoms with Gasteiger partial charge in [-0.15, -0.1) is 0 Å². The van der Waals surface area contributed by atoms with E-state index in [4.69, 9.17) is 9.84 Å². The van der Waals surface area contributed by atoms with Crippen molar-refractivity contribution in [1.29, 1.82) is 0 Å². The Labute approximate surface area is 158 Å². The number of benzene rings is 2. The van der Waals surface area contributed by atoms with Gasteiger partial charge in [0.1, 0.15) is 0 Å². The average molecular weight is 368 g/mol. The predicted molar refractivity (Wildman–Crippen MR) is 102 cm³/mol. The lowest BCUT2D eigenvalue weighted by Gasteiger charge is -2.41. The van der Waals surface area contributed by atoms with Gasteiger partial charge in [-0.3, -0.25) is 9.69 Å². The molecule has 0 saturated carbocycles. The summed E-state index contributed by atoms with van der Waals surface area (Å²) >= 11 is 0. The highest BCUT2D eigenvalue weighted by Gasteiger charge is 2.32. The molecule has 1 amide bonds. The molecule has 1 fully saturated rings. The van der Waals surface area contributed by atoms with Gasteiger partial charge >= 0.3 is 5.97 Å². The number of carboxylic acid groups (broad SMARTS) is 1. The number of ether oxygens (including phenoxy) is 1. The summed E-state index contributed by atoms with van der Waals surface area (Å²) < 4.78 is 5.97. The maximum Gasteiger partial charge on any atom is 0.335 e. The number of nitrogens with zero attached hydrogens (tertiary/aromatic N) is 1. The molecule has 2 N–H and O–H groups in total. The van der Waals surface area contributed by atoms with Crippen molar-refractivity contribution in [3.8, 4) is 0 Å². The van der Waals surface area contributed by atoms with Crippen LogP contribution in [0.1, 0.15) is 39.2 Å². The number of nitrogens with one attached hydrogen (secondary N) is 1. The van der Waals surface area contributed by atoms with Crippen LogP contribution in [0.25, 0.3) is 0 Å². The van der Waals surface area contributed by atoms with Crippen molar-refractivity contribution in [3.05, 3.63) is 71.3 Å². The van der Waals surface area contributed by atoms with Gasteiger partial charge in [0, 0.05) is 18.7 Å². The molecule has 3 rings (SSSR count). The molecule has 2 aromatic rings. The molecule has 2 aromatic carbocycles. The molecule has 0 spiro atoms. The Hall–Kier alpha value is -2.70. The smallest absolute Gasteiger partial charge is 0.335 e. The Morgan fingerprint density at radius 1 is 1.15 bits per heavy atom. The quantitative estimate of drug-likeness (QED) is 0.819. The summed E-state index contributed by atoms with van der Waals surface area (Å²) in [7, 11) is 0. The number of carboxylic acids is 1. The van der Waals surface area contributed by atoms with E-state index in [1.165, 1.54) is 12.1 Å². The third kappa shape index (κ3) is 4.53. The lowest BCUT2D eigenvalue weighted by molar-refractivity contribution is -0.0685. The number of aromatic carboxylic acids is 1. The first-order valence-electron chi connectivity index (χ1n) is 9.12. The Kier molecular flexibility index (Phi) is 6.21. The fourth-order valence-electron chi connectivity index (χ4n) is 3.48. The van der Waals surface area contributed by atoms with Crippen molar-refractivity contribution < 1.29 is 19.4 Å². The van der Waals surface area contributed by atoms with Crippen molar-refractivity contribution in [3.63, 3.8) is 0 Å². The highest BCUT2D eigenvalue weighted by Crippen LogP contribution is 2.29. The second kappa shape index (κ2) is 8.79. The minimum atomic E-state index is -1.05. The molecule has 6 heteroatoms. The molecule has 0 bridgehead atoms. The predicted octanol–water partition coefficient (Wildman–Crippen LogP) is 2.58. The molecule has 1 saturated heterocycles. The van der Waals surface area contributed by atoms with E-state index in [0.29, 0.717) is 18.7 Å². The van der Waals surface area contributed by atoms with Crippen LogP contribution in [0.2, 0.25) is 0 Å². The van der Waals surface area contributed by atoms with Gasteiger partial charge in [0.15, 0.2) is 0 Å². The Balaban J connectivity index is 1.72. The molecule has 27 heavy (non-hydrogen) atoms. The molecule has 6 nitrogen and oxygen atoms in total.